The molecule has 17 heavy (non-hydrogen) atoms. The predicted molar refractivity (Wildman–Crippen MR) is 59.8 cm³/mol. The Morgan fingerprint density at radius 2 is 2.47 bits per heavy atom. The van der Waals surface area contributed by atoms with Crippen LogP contribution in [0.3, 0.4) is 0 Å². The second kappa shape index (κ2) is 5.75. The zero-order chi connectivity index (χ0) is 12.1. The number of hydrogen-bond donors (Lipinski definition) is 1. The van der Waals surface area contributed by atoms with Gasteiger partial charge in [-0.1, -0.05) is 0 Å². The van der Waals surface area contributed by atoms with Gasteiger partial charge in [0.1, 0.15) is 0 Å². The van der Waals surface area contributed by atoms with Crippen LogP contribution in [0.25, 0.3) is 0 Å². The third-order valence-electron chi connectivity index (χ3n) is 2.65. The number of rotatable bonds is 5. The van der Waals surface area contributed by atoms with Gasteiger partial charge >= 0.3 is 5.97 Å². The topological polar surface area (TPSA) is 68.7 Å². The van der Waals surface area contributed by atoms with E-state index < -0.39 is 5.97 Å². The van der Waals surface area contributed by atoms with Gasteiger partial charge in [0.25, 0.3) is 0 Å². The van der Waals surface area contributed by atoms with Crippen LogP contribution in [0, 0.1) is 0 Å². The van der Waals surface area contributed by atoms with E-state index in [1.807, 2.05) is 0 Å². The largest absolute Gasteiger partial charge is 0.478 e. The first-order valence-corrected chi connectivity index (χ1v) is 5.63. The SMILES string of the molecule is O=C(O)c1ccc(COCC2CCCO2)nc1. The standard InChI is InChI=1S/C12H15NO4/c14-12(15)9-3-4-10(13-6-9)7-16-8-11-2-1-5-17-11/h3-4,6,11H,1-2,5,7-8H2,(H,14,15). The van der Waals surface area contributed by atoms with Gasteiger partial charge in [0.2, 0.25) is 0 Å². The van der Waals surface area contributed by atoms with Crippen LogP contribution in [0.15, 0.2) is 18.3 Å². The van der Waals surface area contributed by atoms with Crippen LogP contribution >= 0.6 is 0 Å². The summed E-state index contributed by atoms with van der Waals surface area (Å²) in [5.41, 5.74) is 0.917. The number of hydrogen-bond acceptors (Lipinski definition) is 4. The Kier molecular flexibility index (Phi) is 4.06. The maximum Gasteiger partial charge on any atom is 0.337 e. The number of ether oxygens (including phenoxy) is 2. The molecule has 5 nitrogen and oxygen atoms in total. The summed E-state index contributed by atoms with van der Waals surface area (Å²) in [6.07, 6.45) is 3.69. The normalized spacial score (nSPS) is 19.4. The number of aromatic nitrogens is 1. The molecule has 0 saturated carbocycles. The number of aromatic carboxylic acids is 1. The molecule has 2 heterocycles. The van der Waals surface area contributed by atoms with E-state index in [0.717, 1.165) is 25.1 Å². The first-order chi connectivity index (χ1) is 8.25. The van der Waals surface area contributed by atoms with Crippen molar-refractivity contribution < 1.29 is 19.4 Å². The minimum absolute atomic E-state index is 0.188. The van der Waals surface area contributed by atoms with Crippen molar-refractivity contribution in [3.8, 4) is 0 Å². The summed E-state index contributed by atoms with van der Waals surface area (Å²) in [7, 11) is 0. The molecule has 0 aliphatic carbocycles. The van der Waals surface area contributed by atoms with Crippen LogP contribution in [-0.4, -0.2) is 35.4 Å². The summed E-state index contributed by atoms with van der Waals surface area (Å²) >= 11 is 0. The second-order valence-electron chi connectivity index (χ2n) is 3.99. The van der Waals surface area contributed by atoms with Gasteiger partial charge < -0.3 is 14.6 Å². The average molecular weight is 237 g/mol. The van der Waals surface area contributed by atoms with Crippen molar-refractivity contribution in [3.05, 3.63) is 29.6 Å². The van der Waals surface area contributed by atoms with Crippen molar-refractivity contribution in [1.82, 2.24) is 4.98 Å². The van der Waals surface area contributed by atoms with Crippen molar-refractivity contribution in [1.29, 1.82) is 0 Å². The van der Waals surface area contributed by atoms with Crippen molar-refractivity contribution in [3.63, 3.8) is 0 Å². The zero-order valence-corrected chi connectivity index (χ0v) is 9.46. The minimum atomic E-state index is -0.968. The molecule has 0 bridgehead atoms. The number of carbonyl (C=O) groups is 1. The lowest BCUT2D eigenvalue weighted by atomic mass is 10.2. The van der Waals surface area contributed by atoms with E-state index in [-0.39, 0.29) is 11.7 Å². The van der Waals surface area contributed by atoms with Crippen LogP contribution < -0.4 is 0 Å². The van der Waals surface area contributed by atoms with E-state index in [1.54, 1.807) is 6.07 Å². The highest BCUT2D eigenvalue weighted by Crippen LogP contribution is 2.12. The van der Waals surface area contributed by atoms with Gasteiger partial charge in [-0.05, 0) is 25.0 Å². The summed E-state index contributed by atoms with van der Waals surface area (Å²) in [5.74, 6) is -0.968. The highest BCUT2D eigenvalue weighted by atomic mass is 16.5. The Bertz CT molecular complexity index is 371. The molecule has 1 unspecified atom stereocenters. The number of pyridine rings is 1. The molecule has 2 rings (SSSR count). The molecule has 1 fully saturated rings. The van der Waals surface area contributed by atoms with Gasteiger partial charge in [-0.2, -0.15) is 0 Å². The third kappa shape index (κ3) is 3.51. The van der Waals surface area contributed by atoms with Crippen LogP contribution in [0.5, 0.6) is 0 Å². The monoisotopic (exact) mass is 237 g/mol. The predicted octanol–water partition coefficient (Wildman–Crippen LogP) is 1.48. The maximum absolute atomic E-state index is 10.6. The molecule has 1 N–H and O–H groups in total. The van der Waals surface area contributed by atoms with Crippen LogP contribution in [0.4, 0.5) is 0 Å². The molecular weight excluding hydrogens is 222 g/mol. The molecular formula is C12H15NO4. The first kappa shape index (κ1) is 12.0. The molecule has 1 aliphatic heterocycles. The van der Waals surface area contributed by atoms with Crippen LogP contribution in [0.2, 0.25) is 0 Å². The van der Waals surface area contributed by atoms with Gasteiger partial charge in [0, 0.05) is 12.8 Å². The van der Waals surface area contributed by atoms with Crippen molar-refractivity contribution >= 4 is 5.97 Å². The molecule has 1 aromatic heterocycles. The van der Waals surface area contributed by atoms with Gasteiger partial charge in [-0.25, -0.2) is 4.79 Å². The van der Waals surface area contributed by atoms with Gasteiger partial charge in [-0.3, -0.25) is 4.98 Å². The molecule has 1 saturated heterocycles. The molecule has 0 aromatic carbocycles. The lowest BCUT2D eigenvalue weighted by Gasteiger charge is -2.09. The van der Waals surface area contributed by atoms with E-state index >= 15 is 0 Å². The van der Waals surface area contributed by atoms with E-state index in [4.69, 9.17) is 14.6 Å². The Morgan fingerprint density at radius 1 is 1.59 bits per heavy atom. The van der Waals surface area contributed by atoms with Gasteiger partial charge in [0.15, 0.2) is 0 Å². The Morgan fingerprint density at radius 3 is 3.06 bits per heavy atom. The fourth-order valence-electron chi connectivity index (χ4n) is 1.71. The summed E-state index contributed by atoms with van der Waals surface area (Å²) in [4.78, 5) is 14.6. The summed E-state index contributed by atoms with van der Waals surface area (Å²) in [6, 6.07) is 3.19. The fraction of sp³-hybridized carbons (Fsp3) is 0.500. The van der Waals surface area contributed by atoms with E-state index in [2.05, 4.69) is 4.98 Å². The first-order valence-electron chi connectivity index (χ1n) is 5.63. The minimum Gasteiger partial charge on any atom is -0.478 e. The summed E-state index contributed by atoms with van der Waals surface area (Å²) in [5, 5.41) is 8.71. The number of carboxylic acid groups (broad SMARTS) is 1. The highest BCUT2D eigenvalue weighted by molar-refractivity contribution is 5.87. The maximum atomic E-state index is 10.6. The molecule has 1 atom stereocenters. The summed E-state index contributed by atoms with van der Waals surface area (Å²) in [6.45, 7) is 1.78. The van der Waals surface area contributed by atoms with E-state index in [0.29, 0.717) is 13.2 Å². The van der Waals surface area contributed by atoms with Gasteiger partial charge in [-0.15, -0.1) is 0 Å². The lowest BCUT2D eigenvalue weighted by Crippen LogP contribution is -2.14. The van der Waals surface area contributed by atoms with Crippen molar-refractivity contribution in [2.45, 2.75) is 25.6 Å². The van der Waals surface area contributed by atoms with E-state index in [1.165, 1.54) is 12.3 Å². The molecule has 92 valence electrons. The third-order valence-corrected chi connectivity index (χ3v) is 2.65. The Labute approximate surface area is 99.4 Å². The Balaban J connectivity index is 1.76. The number of nitrogens with zero attached hydrogens (tertiary/aromatic N) is 1. The molecule has 0 spiro atoms. The van der Waals surface area contributed by atoms with Crippen molar-refractivity contribution in [2.24, 2.45) is 0 Å². The van der Waals surface area contributed by atoms with Gasteiger partial charge in [0.05, 0.1) is 30.6 Å². The smallest absolute Gasteiger partial charge is 0.337 e. The molecule has 1 aliphatic rings. The zero-order valence-electron chi connectivity index (χ0n) is 9.46. The molecule has 1 aromatic rings. The average Bonchev–Trinajstić information content (AvgIpc) is 2.83. The van der Waals surface area contributed by atoms with E-state index in [9.17, 15) is 4.79 Å². The van der Waals surface area contributed by atoms with Crippen LogP contribution in [0.1, 0.15) is 28.9 Å². The Hall–Kier alpha value is -1.46. The quantitative estimate of drug-likeness (QED) is 0.840. The van der Waals surface area contributed by atoms with Crippen molar-refractivity contribution in [2.75, 3.05) is 13.2 Å². The second-order valence-corrected chi connectivity index (χ2v) is 3.99. The summed E-state index contributed by atoms with van der Waals surface area (Å²) < 4.78 is 10.9. The molecule has 5 heteroatoms. The van der Waals surface area contributed by atoms with Crippen LogP contribution in [-0.2, 0) is 16.1 Å². The molecule has 0 radical (unpaired) electrons. The lowest BCUT2D eigenvalue weighted by molar-refractivity contribution is 0.00964. The highest BCUT2D eigenvalue weighted by Gasteiger charge is 2.15. The number of carboxylic acids is 1. The molecule has 0 amide bonds. The fourth-order valence-corrected chi connectivity index (χ4v) is 1.71.